The second-order valence-corrected chi connectivity index (χ2v) is 6.70. The fourth-order valence-electron chi connectivity index (χ4n) is 1.90. The van der Waals surface area contributed by atoms with E-state index in [2.05, 4.69) is 62.7 Å². The van der Waals surface area contributed by atoms with Crippen molar-refractivity contribution in [3.8, 4) is 5.75 Å². The molecule has 1 rings (SSSR count). The molecule has 19 heavy (non-hydrogen) atoms. The summed E-state index contributed by atoms with van der Waals surface area (Å²) in [5, 5.41) is 9.73. The standard InChI is InChI=1S/C14H22Br2N2O/c1-4-5-18(7-6-17(2)3)10-11-8-12(15)14(19)13(16)9-11/h8-9,19H,4-7,10H2,1-3H3. The summed E-state index contributed by atoms with van der Waals surface area (Å²) in [7, 11) is 4.19. The minimum absolute atomic E-state index is 0.263. The highest BCUT2D eigenvalue weighted by Crippen LogP contribution is 2.33. The van der Waals surface area contributed by atoms with Crippen molar-refractivity contribution < 1.29 is 5.11 Å². The van der Waals surface area contributed by atoms with E-state index < -0.39 is 0 Å². The molecule has 0 radical (unpaired) electrons. The molecule has 0 aromatic heterocycles. The van der Waals surface area contributed by atoms with Gasteiger partial charge in [0, 0.05) is 19.6 Å². The van der Waals surface area contributed by atoms with E-state index in [0.717, 1.165) is 41.5 Å². The third-order valence-electron chi connectivity index (χ3n) is 2.89. The topological polar surface area (TPSA) is 26.7 Å². The van der Waals surface area contributed by atoms with E-state index in [9.17, 15) is 5.11 Å². The van der Waals surface area contributed by atoms with E-state index in [1.165, 1.54) is 5.56 Å². The van der Waals surface area contributed by atoms with Crippen molar-refractivity contribution in [2.75, 3.05) is 33.7 Å². The summed E-state index contributed by atoms with van der Waals surface area (Å²) in [4.78, 5) is 4.64. The van der Waals surface area contributed by atoms with Crippen LogP contribution < -0.4 is 0 Å². The van der Waals surface area contributed by atoms with Gasteiger partial charge in [0.1, 0.15) is 5.75 Å². The van der Waals surface area contributed by atoms with Gasteiger partial charge in [0.15, 0.2) is 0 Å². The zero-order valence-electron chi connectivity index (χ0n) is 11.8. The number of halogens is 2. The van der Waals surface area contributed by atoms with Crippen molar-refractivity contribution in [3.05, 3.63) is 26.6 Å². The van der Waals surface area contributed by atoms with E-state index in [-0.39, 0.29) is 5.75 Å². The summed E-state index contributed by atoms with van der Waals surface area (Å²) in [6.07, 6.45) is 1.15. The molecule has 1 aromatic rings. The summed E-state index contributed by atoms with van der Waals surface area (Å²) in [6.45, 7) is 6.30. The largest absolute Gasteiger partial charge is 0.506 e. The summed E-state index contributed by atoms with van der Waals surface area (Å²) < 4.78 is 1.47. The molecular formula is C14H22Br2N2O. The Bertz CT molecular complexity index is 387. The fraction of sp³-hybridized carbons (Fsp3) is 0.571. The second-order valence-electron chi connectivity index (χ2n) is 4.99. The molecule has 108 valence electrons. The molecule has 0 amide bonds. The summed E-state index contributed by atoms with van der Waals surface area (Å²) in [6, 6.07) is 3.97. The molecule has 0 aliphatic heterocycles. The van der Waals surface area contributed by atoms with Crippen LogP contribution in [0.2, 0.25) is 0 Å². The molecule has 0 atom stereocenters. The van der Waals surface area contributed by atoms with Crippen LogP contribution in [-0.4, -0.2) is 48.6 Å². The maximum absolute atomic E-state index is 9.73. The molecule has 0 aliphatic carbocycles. The smallest absolute Gasteiger partial charge is 0.143 e. The van der Waals surface area contributed by atoms with Crippen LogP contribution in [0.4, 0.5) is 0 Å². The summed E-state index contributed by atoms with van der Waals surface area (Å²) in [5.41, 5.74) is 1.20. The van der Waals surface area contributed by atoms with Gasteiger partial charge in [0.2, 0.25) is 0 Å². The van der Waals surface area contributed by atoms with Crippen LogP contribution in [0.1, 0.15) is 18.9 Å². The number of likely N-dealkylation sites (N-methyl/N-ethyl adjacent to an activating group) is 1. The third kappa shape index (κ3) is 5.81. The highest BCUT2D eigenvalue weighted by Gasteiger charge is 2.10. The Kier molecular flexibility index (Phi) is 7.36. The predicted octanol–water partition coefficient (Wildman–Crippen LogP) is 3.69. The van der Waals surface area contributed by atoms with Crippen LogP contribution in [0.3, 0.4) is 0 Å². The van der Waals surface area contributed by atoms with Crippen LogP contribution in [0.5, 0.6) is 5.75 Å². The van der Waals surface area contributed by atoms with Crippen molar-refractivity contribution in [1.82, 2.24) is 9.80 Å². The first-order valence-electron chi connectivity index (χ1n) is 6.48. The molecular weight excluding hydrogens is 372 g/mol. The van der Waals surface area contributed by atoms with Crippen LogP contribution in [0.15, 0.2) is 21.1 Å². The van der Waals surface area contributed by atoms with Gasteiger partial charge in [0.25, 0.3) is 0 Å². The van der Waals surface area contributed by atoms with Gasteiger partial charge in [-0.3, -0.25) is 4.90 Å². The van der Waals surface area contributed by atoms with Crippen LogP contribution in [0.25, 0.3) is 0 Å². The normalized spacial score (nSPS) is 11.5. The van der Waals surface area contributed by atoms with E-state index in [0.29, 0.717) is 0 Å². The van der Waals surface area contributed by atoms with Gasteiger partial charge >= 0.3 is 0 Å². The Balaban J connectivity index is 2.72. The molecule has 0 spiro atoms. The molecule has 0 aliphatic rings. The predicted molar refractivity (Wildman–Crippen MR) is 87.6 cm³/mol. The van der Waals surface area contributed by atoms with Crippen LogP contribution >= 0.6 is 31.9 Å². The van der Waals surface area contributed by atoms with E-state index >= 15 is 0 Å². The van der Waals surface area contributed by atoms with Crippen LogP contribution in [0, 0.1) is 0 Å². The number of rotatable bonds is 7. The zero-order valence-corrected chi connectivity index (χ0v) is 15.0. The monoisotopic (exact) mass is 392 g/mol. The first-order valence-corrected chi connectivity index (χ1v) is 8.06. The Morgan fingerprint density at radius 3 is 2.11 bits per heavy atom. The molecule has 0 fully saturated rings. The number of benzene rings is 1. The Hall–Kier alpha value is -0.100. The summed E-state index contributed by atoms with van der Waals surface area (Å²) in [5.74, 6) is 0.263. The van der Waals surface area contributed by atoms with Gasteiger partial charge in [-0.15, -0.1) is 0 Å². The fourth-order valence-corrected chi connectivity index (χ4v) is 3.18. The molecule has 0 saturated heterocycles. The highest BCUT2D eigenvalue weighted by atomic mass is 79.9. The summed E-state index contributed by atoms with van der Waals surface area (Å²) >= 11 is 6.76. The molecule has 1 N–H and O–H groups in total. The Morgan fingerprint density at radius 1 is 1.05 bits per heavy atom. The van der Waals surface area contributed by atoms with E-state index in [4.69, 9.17) is 0 Å². The maximum Gasteiger partial charge on any atom is 0.143 e. The lowest BCUT2D eigenvalue weighted by Gasteiger charge is -2.24. The van der Waals surface area contributed by atoms with Crippen molar-refractivity contribution in [1.29, 1.82) is 0 Å². The van der Waals surface area contributed by atoms with Crippen molar-refractivity contribution >= 4 is 31.9 Å². The van der Waals surface area contributed by atoms with Crippen molar-refractivity contribution in [3.63, 3.8) is 0 Å². The quantitative estimate of drug-likeness (QED) is 0.765. The van der Waals surface area contributed by atoms with Crippen molar-refractivity contribution in [2.45, 2.75) is 19.9 Å². The van der Waals surface area contributed by atoms with Crippen LogP contribution in [-0.2, 0) is 6.54 Å². The second kappa shape index (κ2) is 8.25. The number of phenolic OH excluding ortho intramolecular Hbond substituents is 1. The molecule has 1 aromatic carbocycles. The first kappa shape index (κ1) is 17.0. The lowest BCUT2D eigenvalue weighted by molar-refractivity contribution is 0.234. The molecule has 3 nitrogen and oxygen atoms in total. The molecule has 0 saturated carbocycles. The third-order valence-corrected chi connectivity index (χ3v) is 4.10. The number of nitrogens with zero attached hydrogens (tertiary/aromatic N) is 2. The zero-order chi connectivity index (χ0) is 14.4. The van der Waals surface area contributed by atoms with Gasteiger partial charge in [-0.05, 0) is 76.6 Å². The number of hydrogen-bond acceptors (Lipinski definition) is 3. The van der Waals surface area contributed by atoms with Gasteiger partial charge in [0.05, 0.1) is 8.95 Å². The first-order chi connectivity index (χ1) is 8.93. The van der Waals surface area contributed by atoms with Gasteiger partial charge in [-0.2, -0.15) is 0 Å². The Morgan fingerprint density at radius 2 is 1.63 bits per heavy atom. The van der Waals surface area contributed by atoms with Gasteiger partial charge < -0.3 is 10.0 Å². The minimum atomic E-state index is 0.263. The minimum Gasteiger partial charge on any atom is -0.506 e. The number of hydrogen-bond donors (Lipinski definition) is 1. The molecule has 0 bridgehead atoms. The average Bonchev–Trinajstić information content (AvgIpc) is 2.33. The van der Waals surface area contributed by atoms with Gasteiger partial charge in [-0.1, -0.05) is 6.92 Å². The lowest BCUT2D eigenvalue weighted by atomic mass is 10.2. The number of aromatic hydroxyl groups is 1. The SMILES string of the molecule is CCCN(CCN(C)C)Cc1cc(Br)c(O)c(Br)c1. The van der Waals surface area contributed by atoms with Crippen molar-refractivity contribution in [2.24, 2.45) is 0 Å². The average molecular weight is 394 g/mol. The van der Waals surface area contributed by atoms with Gasteiger partial charge in [-0.25, -0.2) is 0 Å². The van der Waals surface area contributed by atoms with E-state index in [1.54, 1.807) is 0 Å². The lowest BCUT2D eigenvalue weighted by Crippen LogP contribution is -2.32. The highest BCUT2D eigenvalue weighted by molar-refractivity contribution is 9.11. The van der Waals surface area contributed by atoms with E-state index in [1.807, 2.05) is 12.1 Å². The number of phenols is 1. The molecule has 0 heterocycles. The molecule has 5 heteroatoms. The maximum atomic E-state index is 9.73. The molecule has 0 unspecified atom stereocenters. The Labute approximate surface area is 132 Å².